The highest BCUT2D eigenvalue weighted by Crippen LogP contribution is 2.24. The van der Waals surface area contributed by atoms with E-state index in [1.807, 2.05) is 6.07 Å². The fourth-order valence-electron chi connectivity index (χ4n) is 2.34. The number of oxazole rings is 1. The van der Waals surface area contributed by atoms with E-state index < -0.39 is 10.0 Å². The molecule has 8 heteroatoms. The second kappa shape index (κ2) is 7.49. The van der Waals surface area contributed by atoms with Gasteiger partial charge in [-0.1, -0.05) is 17.7 Å². The molecule has 0 aliphatic rings. The van der Waals surface area contributed by atoms with Crippen LogP contribution < -0.4 is 9.46 Å². The van der Waals surface area contributed by atoms with Crippen LogP contribution in [0.25, 0.3) is 11.5 Å². The molecule has 3 aromatic rings. The Morgan fingerprint density at radius 3 is 2.58 bits per heavy atom. The van der Waals surface area contributed by atoms with Crippen molar-refractivity contribution in [2.75, 3.05) is 7.11 Å². The molecular weight excluding hydrogens is 376 g/mol. The summed E-state index contributed by atoms with van der Waals surface area (Å²) in [4.78, 5) is 4.52. The zero-order valence-electron chi connectivity index (χ0n) is 14.2. The number of benzene rings is 2. The van der Waals surface area contributed by atoms with E-state index in [9.17, 15) is 8.42 Å². The Kier molecular flexibility index (Phi) is 5.31. The number of aromatic nitrogens is 1. The molecule has 136 valence electrons. The Labute approximate surface area is 156 Å². The maximum atomic E-state index is 12.4. The third-order valence-corrected chi connectivity index (χ3v) is 5.42. The predicted octanol–water partition coefficient (Wildman–Crippen LogP) is 3.79. The van der Waals surface area contributed by atoms with E-state index in [1.165, 1.54) is 19.2 Å². The molecule has 26 heavy (non-hydrogen) atoms. The summed E-state index contributed by atoms with van der Waals surface area (Å²) in [5, 5.41) is 0.570. The molecule has 0 unspecified atom stereocenters. The molecule has 0 radical (unpaired) electrons. The van der Waals surface area contributed by atoms with Crippen LogP contribution >= 0.6 is 11.6 Å². The quantitative estimate of drug-likeness (QED) is 0.690. The Morgan fingerprint density at radius 2 is 1.92 bits per heavy atom. The van der Waals surface area contributed by atoms with Gasteiger partial charge in [-0.2, -0.15) is 0 Å². The fourth-order valence-corrected chi connectivity index (χ4v) is 3.52. The monoisotopic (exact) mass is 392 g/mol. The number of hydrogen-bond donors (Lipinski definition) is 1. The molecule has 6 nitrogen and oxygen atoms in total. The van der Waals surface area contributed by atoms with Gasteiger partial charge in [0.2, 0.25) is 15.9 Å². The second-order valence-electron chi connectivity index (χ2n) is 5.53. The fraction of sp³-hybridized carbons (Fsp3) is 0.167. The molecular formula is C18H17ClN2O4S. The SMILES string of the molecule is COc1ccc(S(=O)(=O)NCc2nc(-c3cccc(Cl)c3)oc2C)cc1. The van der Waals surface area contributed by atoms with Gasteiger partial charge in [-0.05, 0) is 49.4 Å². The van der Waals surface area contributed by atoms with Crippen LogP contribution in [0.1, 0.15) is 11.5 Å². The van der Waals surface area contributed by atoms with Gasteiger partial charge in [0.05, 0.1) is 24.2 Å². The van der Waals surface area contributed by atoms with Crippen LogP contribution in [0.5, 0.6) is 5.75 Å². The number of ether oxygens (including phenoxy) is 1. The standard InChI is InChI=1S/C18H17ClN2O4S/c1-12-17(21-18(25-12)13-4-3-5-14(19)10-13)11-20-26(22,23)16-8-6-15(24-2)7-9-16/h3-10,20H,11H2,1-2H3. The summed E-state index contributed by atoms with van der Waals surface area (Å²) in [5.74, 6) is 1.52. The van der Waals surface area contributed by atoms with Gasteiger partial charge in [0, 0.05) is 10.6 Å². The highest BCUT2D eigenvalue weighted by Gasteiger charge is 2.17. The molecule has 3 rings (SSSR count). The van der Waals surface area contributed by atoms with Crippen LogP contribution in [0, 0.1) is 6.92 Å². The predicted molar refractivity (Wildman–Crippen MR) is 98.7 cm³/mol. The van der Waals surface area contributed by atoms with Crippen molar-refractivity contribution in [1.29, 1.82) is 0 Å². The van der Waals surface area contributed by atoms with Gasteiger partial charge < -0.3 is 9.15 Å². The molecule has 1 heterocycles. The molecule has 0 saturated carbocycles. The third-order valence-electron chi connectivity index (χ3n) is 3.76. The van der Waals surface area contributed by atoms with E-state index in [0.29, 0.717) is 28.1 Å². The number of methoxy groups -OCH3 is 1. The summed E-state index contributed by atoms with van der Waals surface area (Å²) >= 11 is 5.98. The molecule has 0 atom stereocenters. The molecule has 0 fully saturated rings. The first-order valence-electron chi connectivity index (χ1n) is 7.75. The molecule has 0 aliphatic heterocycles. The summed E-state index contributed by atoms with van der Waals surface area (Å²) < 4.78 is 38.0. The molecule has 0 amide bonds. The van der Waals surface area contributed by atoms with Crippen LogP contribution in [-0.2, 0) is 16.6 Å². The van der Waals surface area contributed by atoms with Gasteiger partial charge in [-0.25, -0.2) is 18.1 Å². The summed E-state index contributed by atoms with van der Waals surface area (Å²) in [6.45, 7) is 1.75. The summed E-state index contributed by atoms with van der Waals surface area (Å²) in [5.41, 5.74) is 1.24. The molecule has 0 bridgehead atoms. The van der Waals surface area contributed by atoms with E-state index in [0.717, 1.165) is 5.56 Å². The lowest BCUT2D eigenvalue weighted by Crippen LogP contribution is -2.23. The minimum atomic E-state index is -3.67. The van der Waals surface area contributed by atoms with Gasteiger partial charge in [-0.15, -0.1) is 0 Å². The zero-order chi connectivity index (χ0) is 18.7. The summed E-state index contributed by atoms with van der Waals surface area (Å²) in [6, 6.07) is 13.2. The van der Waals surface area contributed by atoms with Crippen LogP contribution in [0.15, 0.2) is 57.8 Å². The second-order valence-corrected chi connectivity index (χ2v) is 7.74. The van der Waals surface area contributed by atoms with E-state index in [4.69, 9.17) is 20.8 Å². The number of rotatable bonds is 6. The van der Waals surface area contributed by atoms with Crippen LogP contribution in [-0.4, -0.2) is 20.5 Å². The molecule has 0 saturated heterocycles. The molecule has 1 N–H and O–H groups in total. The van der Waals surface area contributed by atoms with Crippen molar-refractivity contribution >= 4 is 21.6 Å². The van der Waals surface area contributed by atoms with Crippen molar-refractivity contribution in [3.63, 3.8) is 0 Å². The van der Waals surface area contributed by atoms with Gasteiger partial charge in [0.15, 0.2) is 0 Å². The molecule has 2 aromatic carbocycles. The Balaban J connectivity index is 1.77. The lowest BCUT2D eigenvalue weighted by Gasteiger charge is -2.06. The van der Waals surface area contributed by atoms with Crippen molar-refractivity contribution in [2.45, 2.75) is 18.4 Å². The molecule has 0 aliphatic carbocycles. The van der Waals surface area contributed by atoms with Gasteiger partial charge in [0.1, 0.15) is 11.5 Å². The first kappa shape index (κ1) is 18.4. The highest BCUT2D eigenvalue weighted by atomic mass is 35.5. The number of aryl methyl sites for hydroxylation is 1. The number of halogens is 1. The van der Waals surface area contributed by atoms with Crippen molar-refractivity contribution < 1.29 is 17.6 Å². The Morgan fingerprint density at radius 1 is 1.19 bits per heavy atom. The van der Waals surface area contributed by atoms with E-state index in [1.54, 1.807) is 37.3 Å². The molecule has 0 spiro atoms. The number of sulfonamides is 1. The number of nitrogens with zero attached hydrogens (tertiary/aromatic N) is 1. The summed E-state index contributed by atoms with van der Waals surface area (Å²) in [7, 11) is -2.15. The van der Waals surface area contributed by atoms with Gasteiger partial charge in [-0.3, -0.25) is 0 Å². The average Bonchev–Trinajstić information content (AvgIpc) is 3.01. The van der Waals surface area contributed by atoms with Crippen molar-refractivity contribution in [1.82, 2.24) is 9.71 Å². The summed E-state index contributed by atoms with van der Waals surface area (Å²) in [6.07, 6.45) is 0. The van der Waals surface area contributed by atoms with E-state index in [2.05, 4.69) is 9.71 Å². The number of nitrogens with one attached hydrogen (secondary N) is 1. The smallest absolute Gasteiger partial charge is 0.240 e. The van der Waals surface area contributed by atoms with Gasteiger partial charge in [0.25, 0.3) is 0 Å². The van der Waals surface area contributed by atoms with E-state index >= 15 is 0 Å². The van der Waals surface area contributed by atoms with Gasteiger partial charge >= 0.3 is 0 Å². The largest absolute Gasteiger partial charge is 0.497 e. The zero-order valence-corrected chi connectivity index (χ0v) is 15.8. The lowest BCUT2D eigenvalue weighted by atomic mass is 10.2. The highest BCUT2D eigenvalue weighted by molar-refractivity contribution is 7.89. The molecule has 1 aromatic heterocycles. The Bertz CT molecular complexity index is 1010. The minimum Gasteiger partial charge on any atom is -0.497 e. The maximum absolute atomic E-state index is 12.4. The van der Waals surface area contributed by atoms with E-state index in [-0.39, 0.29) is 11.4 Å². The first-order valence-corrected chi connectivity index (χ1v) is 9.61. The Hall–Kier alpha value is -2.35. The maximum Gasteiger partial charge on any atom is 0.240 e. The topological polar surface area (TPSA) is 81.4 Å². The first-order chi connectivity index (χ1) is 12.4. The van der Waals surface area contributed by atoms with Crippen molar-refractivity contribution in [2.24, 2.45) is 0 Å². The van der Waals surface area contributed by atoms with Crippen LogP contribution in [0.3, 0.4) is 0 Å². The van der Waals surface area contributed by atoms with Crippen LogP contribution in [0.4, 0.5) is 0 Å². The van der Waals surface area contributed by atoms with Crippen molar-refractivity contribution in [3.05, 3.63) is 65.0 Å². The number of hydrogen-bond acceptors (Lipinski definition) is 5. The minimum absolute atomic E-state index is 0.0181. The normalized spacial score (nSPS) is 11.5. The van der Waals surface area contributed by atoms with Crippen LogP contribution in [0.2, 0.25) is 5.02 Å². The lowest BCUT2D eigenvalue weighted by molar-refractivity contribution is 0.414. The third kappa shape index (κ3) is 4.07. The average molecular weight is 393 g/mol. The van der Waals surface area contributed by atoms with Crippen molar-refractivity contribution in [3.8, 4) is 17.2 Å².